The van der Waals surface area contributed by atoms with Crippen molar-refractivity contribution in [1.29, 1.82) is 5.26 Å². The van der Waals surface area contributed by atoms with Gasteiger partial charge in [0.2, 0.25) is 10.0 Å². The molecule has 3 rings (SSSR count). The van der Waals surface area contributed by atoms with Crippen molar-refractivity contribution < 1.29 is 12.8 Å². The van der Waals surface area contributed by atoms with Crippen molar-refractivity contribution in [2.45, 2.75) is 45.4 Å². The molecule has 3 aromatic rings. The van der Waals surface area contributed by atoms with Crippen molar-refractivity contribution in [3.63, 3.8) is 0 Å². The van der Waals surface area contributed by atoms with Gasteiger partial charge in [0.1, 0.15) is 23.3 Å². The zero-order chi connectivity index (χ0) is 23.6. The molecule has 0 aliphatic heterocycles. The standard InChI is InChI=1S/C23H26FN5O2S/c1-14-12-15(2)17(4)22(16(14)3)32(30,31)27-11-5-6-21-20(13-25)23(26)29(28-21)19-9-7-18(24)8-10-19/h7-10,12,27H,5-6,11,26H2,1-4H3. The molecule has 32 heavy (non-hydrogen) atoms. The molecule has 0 saturated carbocycles. The summed E-state index contributed by atoms with van der Waals surface area (Å²) in [6, 6.07) is 9.65. The van der Waals surface area contributed by atoms with E-state index in [1.807, 2.05) is 19.9 Å². The molecular weight excluding hydrogens is 429 g/mol. The molecule has 0 unspecified atom stereocenters. The summed E-state index contributed by atoms with van der Waals surface area (Å²) in [5, 5.41) is 13.9. The maximum absolute atomic E-state index is 13.2. The van der Waals surface area contributed by atoms with E-state index < -0.39 is 10.0 Å². The Hall–Kier alpha value is -3.22. The summed E-state index contributed by atoms with van der Waals surface area (Å²) in [4.78, 5) is 0.317. The minimum absolute atomic E-state index is 0.163. The third-order valence-electron chi connectivity index (χ3n) is 5.62. The van der Waals surface area contributed by atoms with Gasteiger partial charge in [0.25, 0.3) is 0 Å². The number of nitrogens with zero attached hydrogens (tertiary/aromatic N) is 3. The predicted molar refractivity (Wildman–Crippen MR) is 122 cm³/mol. The number of hydrogen-bond acceptors (Lipinski definition) is 5. The summed E-state index contributed by atoms with van der Waals surface area (Å²) in [5.41, 5.74) is 10.6. The van der Waals surface area contributed by atoms with Crippen LogP contribution in [0.15, 0.2) is 35.2 Å². The predicted octanol–water partition coefficient (Wildman–Crippen LogP) is 3.61. The van der Waals surface area contributed by atoms with Crippen LogP contribution in [-0.4, -0.2) is 24.7 Å². The minimum Gasteiger partial charge on any atom is -0.382 e. The van der Waals surface area contributed by atoms with Crippen molar-refractivity contribution in [1.82, 2.24) is 14.5 Å². The molecule has 3 N–H and O–H groups in total. The molecule has 1 heterocycles. The van der Waals surface area contributed by atoms with E-state index in [2.05, 4.69) is 15.9 Å². The van der Waals surface area contributed by atoms with E-state index in [-0.39, 0.29) is 23.7 Å². The van der Waals surface area contributed by atoms with E-state index in [4.69, 9.17) is 5.73 Å². The largest absolute Gasteiger partial charge is 0.382 e. The van der Waals surface area contributed by atoms with Crippen LogP contribution in [0, 0.1) is 44.8 Å². The highest BCUT2D eigenvalue weighted by molar-refractivity contribution is 7.89. The van der Waals surface area contributed by atoms with Crippen LogP contribution in [0.2, 0.25) is 0 Å². The lowest BCUT2D eigenvalue weighted by Crippen LogP contribution is -2.27. The number of aryl methyl sites for hydroxylation is 3. The smallest absolute Gasteiger partial charge is 0.241 e. The summed E-state index contributed by atoms with van der Waals surface area (Å²) in [5.74, 6) is -0.224. The fourth-order valence-electron chi connectivity index (χ4n) is 3.67. The van der Waals surface area contributed by atoms with Gasteiger partial charge in [-0.1, -0.05) is 6.07 Å². The fraction of sp³-hybridized carbons (Fsp3) is 0.304. The molecule has 168 valence electrons. The van der Waals surface area contributed by atoms with Crippen LogP contribution in [0.4, 0.5) is 10.2 Å². The van der Waals surface area contributed by atoms with E-state index in [1.54, 1.807) is 13.8 Å². The first kappa shape index (κ1) is 23.4. The van der Waals surface area contributed by atoms with Crippen LogP contribution in [0.25, 0.3) is 5.69 Å². The molecule has 0 spiro atoms. The van der Waals surface area contributed by atoms with Crippen molar-refractivity contribution >= 4 is 15.8 Å². The normalized spacial score (nSPS) is 11.5. The van der Waals surface area contributed by atoms with E-state index >= 15 is 0 Å². The second-order valence-corrected chi connectivity index (χ2v) is 9.50. The SMILES string of the molecule is Cc1cc(C)c(C)c(S(=O)(=O)NCCCc2nn(-c3ccc(F)cc3)c(N)c2C#N)c1C. The van der Waals surface area contributed by atoms with Gasteiger partial charge < -0.3 is 5.73 Å². The Bertz CT molecular complexity index is 1280. The minimum atomic E-state index is -3.69. The van der Waals surface area contributed by atoms with Crippen molar-refractivity contribution in [2.24, 2.45) is 0 Å². The Kier molecular flexibility index (Phi) is 6.67. The Morgan fingerprint density at radius 2 is 1.72 bits per heavy atom. The Labute approximate surface area is 187 Å². The van der Waals surface area contributed by atoms with E-state index in [9.17, 15) is 18.1 Å². The number of benzene rings is 2. The van der Waals surface area contributed by atoms with Crippen LogP contribution in [0.5, 0.6) is 0 Å². The first-order valence-corrected chi connectivity index (χ1v) is 11.7. The highest BCUT2D eigenvalue weighted by Crippen LogP contribution is 2.26. The van der Waals surface area contributed by atoms with Gasteiger partial charge >= 0.3 is 0 Å². The first-order valence-electron chi connectivity index (χ1n) is 10.2. The first-order chi connectivity index (χ1) is 15.1. The summed E-state index contributed by atoms with van der Waals surface area (Å²) in [7, 11) is -3.69. The summed E-state index contributed by atoms with van der Waals surface area (Å²) >= 11 is 0. The van der Waals surface area contributed by atoms with Gasteiger partial charge in [-0.15, -0.1) is 0 Å². The Morgan fingerprint density at radius 3 is 2.28 bits per heavy atom. The second-order valence-electron chi connectivity index (χ2n) is 7.80. The van der Waals surface area contributed by atoms with Crippen LogP contribution < -0.4 is 10.5 Å². The summed E-state index contributed by atoms with van der Waals surface area (Å²) < 4.78 is 43.2. The lowest BCUT2D eigenvalue weighted by atomic mass is 10.0. The van der Waals surface area contributed by atoms with Crippen molar-refractivity contribution in [3.8, 4) is 11.8 Å². The summed E-state index contributed by atoms with van der Waals surface area (Å²) in [6.45, 7) is 7.58. The molecule has 0 atom stereocenters. The second kappa shape index (κ2) is 9.10. The van der Waals surface area contributed by atoms with Crippen LogP contribution in [0.3, 0.4) is 0 Å². The number of hydrogen-bond donors (Lipinski definition) is 2. The van der Waals surface area contributed by atoms with Crippen molar-refractivity contribution in [3.05, 3.63) is 69.7 Å². The lowest BCUT2D eigenvalue weighted by Gasteiger charge is -2.16. The quantitative estimate of drug-likeness (QED) is 0.528. The molecule has 0 aliphatic carbocycles. The molecule has 0 radical (unpaired) electrons. The molecule has 0 bridgehead atoms. The molecular formula is C23H26FN5O2S. The zero-order valence-corrected chi connectivity index (χ0v) is 19.3. The molecule has 0 saturated heterocycles. The average molecular weight is 456 g/mol. The van der Waals surface area contributed by atoms with E-state index in [1.165, 1.54) is 28.9 Å². The molecule has 7 nitrogen and oxygen atoms in total. The van der Waals surface area contributed by atoms with Gasteiger partial charge in [0.05, 0.1) is 16.3 Å². The topological polar surface area (TPSA) is 114 Å². The lowest BCUT2D eigenvalue weighted by molar-refractivity contribution is 0.577. The van der Waals surface area contributed by atoms with Crippen LogP contribution >= 0.6 is 0 Å². The average Bonchev–Trinajstić information content (AvgIpc) is 3.05. The van der Waals surface area contributed by atoms with Gasteiger partial charge in [-0.25, -0.2) is 22.2 Å². The third-order valence-corrected chi connectivity index (χ3v) is 7.36. The number of rotatable bonds is 7. The van der Waals surface area contributed by atoms with Gasteiger partial charge in [-0.2, -0.15) is 10.4 Å². The molecule has 0 amide bonds. The number of halogens is 1. The molecule has 1 aromatic heterocycles. The highest BCUT2D eigenvalue weighted by atomic mass is 32.2. The third kappa shape index (κ3) is 4.52. The zero-order valence-electron chi connectivity index (χ0n) is 18.5. The van der Waals surface area contributed by atoms with Gasteiger partial charge in [-0.3, -0.25) is 0 Å². The van der Waals surface area contributed by atoms with Gasteiger partial charge in [0, 0.05) is 6.54 Å². The highest BCUT2D eigenvalue weighted by Gasteiger charge is 2.22. The molecule has 2 aromatic carbocycles. The van der Waals surface area contributed by atoms with Gasteiger partial charge in [-0.05, 0) is 87.1 Å². The number of nitriles is 1. The number of sulfonamides is 1. The van der Waals surface area contributed by atoms with E-state index in [0.717, 1.165) is 22.3 Å². The van der Waals surface area contributed by atoms with E-state index in [0.29, 0.717) is 29.1 Å². The molecule has 0 fully saturated rings. The number of aromatic nitrogens is 2. The van der Waals surface area contributed by atoms with Crippen molar-refractivity contribution in [2.75, 3.05) is 12.3 Å². The Morgan fingerprint density at radius 1 is 1.12 bits per heavy atom. The van der Waals surface area contributed by atoms with Crippen LogP contribution in [0.1, 0.15) is 39.9 Å². The Balaban J connectivity index is 1.75. The van der Waals surface area contributed by atoms with Crippen LogP contribution in [-0.2, 0) is 16.4 Å². The number of anilines is 1. The fourth-order valence-corrected chi connectivity index (χ4v) is 5.36. The molecule has 0 aliphatic rings. The monoisotopic (exact) mass is 455 g/mol. The van der Waals surface area contributed by atoms with Gasteiger partial charge in [0.15, 0.2) is 0 Å². The summed E-state index contributed by atoms with van der Waals surface area (Å²) in [6.07, 6.45) is 0.783. The number of nitrogens with one attached hydrogen (secondary N) is 1. The maximum Gasteiger partial charge on any atom is 0.241 e. The maximum atomic E-state index is 13.2. The number of nitrogens with two attached hydrogens (primary N) is 1. The molecule has 9 heteroatoms. The number of nitrogen functional groups attached to an aromatic ring is 1.